The molecule has 0 aliphatic carbocycles. The van der Waals surface area contributed by atoms with Gasteiger partial charge in [-0.3, -0.25) is 4.79 Å². The molecule has 1 aromatic rings. The molecular formula is C20H28N4O5. The number of urea groups is 1. The number of aliphatic hydroxyl groups excluding tert-OH is 2. The molecule has 3 aliphatic rings. The predicted molar refractivity (Wildman–Crippen MR) is 105 cm³/mol. The number of fused-ring (bicyclic) bond motifs is 4. The molecule has 0 spiro atoms. The van der Waals surface area contributed by atoms with Crippen LogP contribution in [-0.4, -0.2) is 71.5 Å². The molecule has 4 rings (SSSR count). The van der Waals surface area contributed by atoms with Crippen molar-refractivity contribution in [2.75, 3.05) is 31.6 Å². The first-order chi connectivity index (χ1) is 14.0. The van der Waals surface area contributed by atoms with E-state index >= 15 is 0 Å². The zero-order valence-corrected chi connectivity index (χ0v) is 16.3. The highest BCUT2D eigenvalue weighted by Gasteiger charge is 2.36. The molecule has 2 bridgehead atoms. The summed E-state index contributed by atoms with van der Waals surface area (Å²) >= 11 is 0. The quantitative estimate of drug-likeness (QED) is 0.474. The molecule has 0 saturated carbocycles. The summed E-state index contributed by atoms with van der Waals surface area (Å²) in [5, 5.41) is 28.0. The van der Waals surface area contributed by atoms with Crippen LogP contribution < -0.4 is 16.0 Å². The molecule has 29 heavy (non-hydrogen) atoms. The van der Waals surface area contributed by atoms with Crippen LogP contribution in [0, 0.1) is 0 Å². The van der Waals surface area contributed by atoms with Gasteiger partial charge in [0.15, 0.2) is 0 Å². The molecule has 0 radical (unpaired) electrons. The Bertz CT molecular complexity index is 773. The standard InChI is InChI=1S/C20H28N4O5/c25-10-13-2-1-5-24(13)19(27)9-22-20(28)21-8-12-3-4-15-14(6-12)18-7-16(23-15)17(26)11-29-18/h3-4,6,13,16-18,23,25-26H,1-2,5,7-11H2,(H2,21,22,28)/t13-,16?,17+,18+/m0/s1. The zero-order valence-electron chi connectivity index (χ0n) is 16.3. The summed E-state index contributed by atoms with van der Waals surface area (Å²) in [6, 6.07) is 5.32. The fourth-order valence-corrected chi connectivity index (χ4v) is 4.33. The van der Waals surface area contributed by atoms with Gasteiger partial charge < -0.3 is 35.8 Å². The maximum Gasteiger partial charge on any atom is 0.315 e. The van der Waals surface area contributed by atoms with E-state index in [-0.39, 0.29) is 37.2 Å². The third kappa shape index (κ3) is 4.31. The molecule has 1 unspecified atom stereocenters. The molecule has 1 aromatic carbocycles. The van der Waals surface area contributed by atoms with Crippen LogP contribution in [0.3, 0.4) is 0 Å². The van der Waals surface area contributed by atoms with Gasteiger partial charge in [-0.1, -0.05) is 6.07 Å². The average Bonchev–Trinajstić information content (AvgIpc) is 3.22. The van der Waals surface area contributed by atoms with Gasteiger partial charge in [0.05, 0.1) is 44.1 Å². The van der Waals surface area contributed by atoms with E-state index < -0.39 is 12.1 Å². The molecule has 4 atom stereocenters. The van der Waals surface area contributed by atoms with Gasteiger partial charge in [-0.25, -0.2) is 4.79 Å². The Morgan fingerprint density at radius 2 is 2.17 bits per heavy atom. The molecule has 3 aliphatic heterocycles. The lowest BCUT2D eigenvalue weighted by Crippen LogP contribution is -2.46. The van der Waals surface area contributed by atoms with Crippen LogP contribution in [0.15, 0.2) is 18.2 Å². The lowest BCUT2D eigenvalue weighted by Gasteiger charge is -2.40. The van der Waals surface area contributed by atoms with Crippen molar-refractivity contribution < 1.29 is 24.5 Å². The molecule has 5 N–H and O–H groups in total. The number of hydrogen-bond acceptors (Lipinski definition) is 6. The van der Waals surface area contributed by atoms with Crippen LogP contribution in [-0.2, 0) is 16.1 Å². The Kier molecular flexibility index (Phi) is 5.89. The summed E-state index contributed by atoms with van der Waals surface area (Å²) in [4.78, 5) is 25.9. The third-order valence-corrected chi connectivity index (χ3v) is 5.97. The van der Waals surface area contributed by atoms with Gasteiger partial charge >= 0.3 is 6.03 Å². The fraction of sp³-hybridized carbons (Fsp3) is 0.600. The van der Waals surface area contributed by atoms with Crippen LogP contribution in [0.2, 0.25) is 0 Å². The summed E-state index contributed by atoms with van der Waals surface area (Å²) in [6.07, 6.45) is 1.84. The topological polar surface area (TPSA) is 123 Å². The Labute approximate surface area is 169 Å². The first-order valence-electron chi connectivity index (χ1n) is 10.2. The lowest BCUT2D eigenvalue weighted by atomic mass is 9.89. The second kappa shape index (κ2) is 8.56. The van der Waals surface area contributed by atoms with Crippen molar-refractivity contribution in [1.29, 1.82) is 0 Å². The number of nitrogens with one attached hydrogen (secondary N) is 3. The molecule has 2 saturated heterocycles. The average molecular weight is 404 g/mol. The maximum atomic E-state index is 12.2. The third-order valence-electron chi connectivity index (χ3n) is 5.97. The number of carbonyl (C=O) groups is 2. The van der Waals surface area contributed by atoms with Gasteiger partial charge in [0.25, 0.3) is 0 Å². The van der Waals surface area contributed by atoms with E-state index in [0.717, 1.165) is 36.1 Å². The number of hydrogen-bond donors (Lipinski definition) is 5. The Morgan fingerprint density at radius 1 is 1.31 bits per heavy atom. The number of likely N-dealkylation sites (tertiary alicyclic amines) is 1. The van der Waals surface area contributed by atoms with E-state index in [1.807, 2.05) is 18.2 Å². The number of ether oxygens (including phenoxy) is 1. The second-order valence-corrected chi connectivity index (χ2v) is 7.90. The Morgan fingerprint density at radius 3 is 3.00 bits per heavy atom. The number of carbonyl (C=O) groups excluding carboxylic acids is 2. The number of aliphatic hydroxyl groups is 2. The van der Waals surface area contributed by atoms with Crippen molar-refractivity contribution in [3.8, 4) is 0 Å². The second-order valence-electron chi connectivity index (χ2n) is 7.90. The van der Waals surface area contributed by atoms with Gasteiger partial charge in [0.2, 0.25) is 5.91 Å². The number of anilines is 1. The van der Waals surface area contributed by atoms with Crippen molar-refractivity contribution in [2.45, 2.75) is 50.1 Å². The summed E-state index contributed by atoms with van der Waals surface area (Å²) in [6.45, 7) is 1.13. The maximum absolute atomic E-state index is 12.2. The highest BCUT2D eigenvalue weighted by molar-refractivity contribution is 5.84. The monoisotopic (exact) mass is 404 g/mol. The largest absolute Gasteiger partial charge is 0.394 e. The van der Waals surface area contributed by atoms with Gasteiger partial charge in [-0.2, -0.15) is 0 Å². The summed E-state index contributed by atoms with van der Waals surface area (Å²) in [7, 11) is 0. The van der Waals surface area contributed by atoms with E-state index in [0.29, 0.717) is 19.7 Å². The van der Waals surface area contributed by atoms with E-state index in [4.69, 9.17) is 4.74 Å². The molecule has 3 heterocycles. The van der Waals surface area contributed by atoms with Crippen LogP contribution in [0.1, 0.15) is 36.5 Å². The summed E-state index contributed by atoms with van der Waals surface area (Å²) in [5.74, 6) is -0.178. The molecule has 9 heteroatoms. The van der Waals surface area contributed by atoms with Gasteiger partial charge in [-0.15, -0.1) is 0 Å². The molecule has 9 nitrogen and oxygen atoms in total. The first kappa shape index (κ1) is 19.9. The van der Waals surface area contributed by atoms with Gasteiger partial charge in [-0.05, 0) is 30.5 Å². The minimum absolute atomic E-state index is 0.00887. The number of benzene rings is 1. The smallest absolute Gasteiger partial charge is 0.315 e. The first-order valence-corrected chi connectivity index (χ1v) is 10.2. The van der Waals surface area contributed by atoms with Gasteiger partial charge in [0.1, 0.15) is 0 Å². The minimum atomic E-state index is -0.500. The Hall–Kier alpha value is -2.36. The van der Waals surface area contributed by atoms with Crippen molar-refractivity contribution in [3.05, 3.63) is 29.3 Å². The van der Waals surface area contributed by atoms with Crippen molar-refractivity contribution >= 4 is 17.6 Å². The van der Waals surface area contributed by atoms with E-state index in [1.165, 1.54) is 0 Å². The van der Waals surface area contributed by atoms with E-state index in [1.54, 1.807) is 4.90 Å². The van der Waals surface area contributed by atoms with Crippen LogP contribution in [0.25, 0.3) is 0 Å². The highest BCUT2D eigenvalue weighted by atomic mass is 16.5. The number of rotatable bonds is 5. The molecule has 0 aromatic heterocycles. The van der Waals surface area contributed by atoms with Crippen LogP contribution in [0.4, 0.5) is 10.5 Å². The predicted octanol–water partition coefficient (Wildman–Crippen LogP) is 0.0855. The molecular weight excluding hydrogens is 376 g/mol. The molecule has 2 fully saturated rings. The van der Waals surface area contributed by atoms with Gasteiger partial charge in [0, 0.05) is 30.8 Å². The highest BCUT2D eigenvalue weighted by Crippen LogP contribution is 2.39. The minimum Gasteiger partial charge on any atom is -0.394 e. The normalized spacial score (nSPS) is 27.7. The van der Waals surface area contributed by atoms with Crippen LogP contribution in [0.5, 0.6) is 0 Å². The zero-order chi connectivity index (χ0) is 20.4. The SMILES string of the molecule is O=C(NCC(=O)N1CCC[C@H]1CO)NCc1ccc2c(c1)[C@H]1CC(N2)[C@H](O)CO1. The summed E-state index contributed by atoms with van der Waals surface area (Å²) in [5.41, 5.74) is 2.92. The van der Waals surface area contributed by atoms with Crippen LogP contribution >= 0.6 is 0 Å². The fourth-order valence-electron chi connectivity index (χ4n) is 4.33. The van der Waals surface area contributed by atoms with E-state index in [9.17, 15) is 19.8 Å². The lowest BCUT2D eigenvalue weighted by molar-refractivity contribution is -0.131. The molecule has 3 amide bonds. The Balaban J connectivity index is 1.27. The molecule has 158 valence electrons. The number of amides is 3. The van der Waals surface area contributed by atoms with Crippen molar-refractivity contribution in [2.24, 2.45) is 0 Å². The van der Waals surface area contributed by atoms with E-state index in [2.05, 4.69) is 16.0 Å². The van der Waals surface area contributed by atoms with Crippen molar-refractivity contribution in [1.82, 2.24) is 15.5 Å². The van der Waals surface area contributed by atoms with Crippen molar-refractivity contribution in [3.63, 3.8) is 0 Å². The summed E-state index contributed by atoms with van der Waals surface area (Å²) < 4.78 is 5.75. The number of nitrogens with zero attached hydrogens (tertiary/aromatic N) is 1.